The molecule has 4 atom stereocenters. The molecule has 29 heavy (non-hydrogen) atoms. The van der Waals surface area contributed by atoms with E-state index < -0.39 is 0 Å². The largest absolute Gasteiger partial charge is 0.352 e. The van der Waals surface area contributed by atoms with Gasteiger partial charge < -0.3 is 5.32 Å². The molecule has 1 fully saturated rings. The summed E-state index contributed by atoms with van der Waals surface area (Å²) in [7, 11) is 0. The Kier molecular flexibility index (Phi) is 5.48. The number of hydrogen-bond acceptors (Lipinski definition) is 1. The molecule has 3 aliphatic carbocycles. The summed E-state index contributed by atoms with van der Waals surface area (Å²) in [6.45, 7) is 9.99. The highest BCUT2D eigenvalue weighted by Gasteiger charge is 2.56. The van der Waals surface area contributed by atoms with E-state index >= 15 is 0 Å². The fourth-order valence-corrected chi connectivity index (χ4v) is 6.60. The Bertz CT molecular complexity index is 820. The van der Waals surface area contributed by atoms with Gasteiger partial charge in [0.25, 0.3) is 0 Å². The average molecular weight is 392 g/mol. The van der Waals surface area contributed by atoms with Crippen molar-refractivity contribution in [2.24, 2.45) is 28.6 Å². The summed E-state index contributed by atoms with van der Waals surface area (Å²) in [6.07, 6.45) is 11.9. The van der Waals surface area contributed by atoms with Crippen LogP contribution in [0.1, 0.15) is 71.8 Å². The van der Waals surface area contributed by atoms with Crippen molar-refractivity contribution in [2.45, 2.75) is 72.8 Å². The summed E-state index contributed by atoms with van der Waals surface area (Å²) < 4.78 is 0. The molecule has 0 aliphatic heterocycles. The van der Waals surface area contributed by atoms with E-state index in [1.54, 1.807) is 11.1 Å². The van der Waals surface area contributed by atoms with Crippen LogP contribution in [-0.2, 0) is 11.3 Å². The molecule has 0 radical (unpaired) electrons. The number of amides is 1. The highest BCUT2D eigenvalue weighted by atomic mass is 16.2. The average Bonchev–Trinajstić information content (AvgIpc) is 2.72. The summed E-state index contributed by atoms with van der Waals surface area (Å²) in [5, 5.41) is 3.28. The van der Waals surface area contributed by atoms with Crippen molar-refractivity contribution in [3.05, 3.63) is 59.2 Å². The second-order valence-electron chi connectivity index (χ2n) is 10.4. The van der Waals surface area contributed by atoms with Crippen LogP contribution in [0.3, 0.4) is 0 Å². The number of nitrogens with one attached hydrogen (secondary N) is 1. The van der Waals surface area contributed by atoms with E-state index in [1.807, 2.05) is 18.2 Å². The van der Waals surface area contributed by atoms with Gasteiger partial charge in [-0.25, -0.2) is 0 Å². The number of benzene rings is 1. The van der Waals surface area contributed by atoms with Crippen molar-refractivity contribution >= 4 is 5.91 Å². The lowest BCUT2D eigenvalue weighted by atomic mass is 9.46. The first-order valence-electron chi connectivity index (χ1n) is 11.6. The highest BCUT2D eigenvalue weighted by molar-refractivity contribution is 5.83. The van der Waals surface area contributed by atoms with Gasteiger partial charge in [0.05, 0.1) is 5.41 Å². The fraction of sp³-hybridized carbons (Fsp3) is 0.593. The quantitative estimate of drug-likeness (QED) is 0.629. The van der Waals surface area contributed by atoms with Gasteiger partial charge in [-0.05, 0) is 66.4 Å². The van der Waals surface area contributed by atoms with Crippen molar-refractivity contribution in [2.75, 3.05) is 0 Å². The van der Waals surface area contributed by atoms with E-state index in [0.29, 0.717) is 24.3 Å². The number of allylic oxidation sites excluding steroid dienone is 4. The Hall–Kier alpha value is -1.83. The van der Waals surface area contributed by atoms with Crippen LogP contribution in [0.2, 0.25) is 0 Å². The lowest BCUT2D eigenvalue weighted by Gasteiger charge is -2.57. The number of carbonyl (C=O) groups is 1. The molecule has 0 bridgehead atoms. The third-order valence-corrected chi connectivity index (χ3v) is 8.39. The van der Waals surface area contributed by atoms with Crippen molar-refractivity contribution < 1.29 is 4.79 Å². The molecular formula is C27H37NO. The van der Waals surface area contributed by atoms with Gasteiger partial charge in [0.15, 0.2) is 0 Å². The Labute approximate surface area is 176 Å². The van der Waals surface area contributed by atoms with Gasteiger partial charge in [0.2, 0.25) is 5.91 Å². The monoisotopic (exact) mass is 391 g/mol. The van der Waals surface area contributed by atoms with Gasteiger partial charge in [-0.3, -0.25) is 4.79 Å². The minimum Gasteiger partial charge on any atom is -0.352 e. The molecule has 0 saturated heterocycles. The first-order valence-corrected chi connectivity index (χ1v) is 11.6. The lowest BCUT2D eigenvalue weighted by Crippen LogP contribution is -2.55. The summed E-state index contributed by atoms with van der Waals surface area (Å²) >= 11 is 0. The van der Waals surface area contributed by atoms with E-state index in [-0.39, 0.29) is 16.7 Å². The highest BCUT2D eigenvalue weighted by Crippen LogP contribution is 2.62. The van der Waals surface area contributed by atoms with E-state index in [4.69, 9.17) is 0 Å². The van der Waals surface area contributed by atoms with E-state index in [0.717, 1.165) is 19.3 Å². The van der Waals surface area contributed by atoms with Gasteiger partial charge in [-0.1, -0.05) is 82.2 Å². The molecule has 1 N–H and O–H groups in total. The van der Waals surface area contributed by atoms with Crippen LogP contribution in [0.4, 0.5) is 0 Å². The molecule has 2 nitrogen and oxygen atoms in total. The van der Waals surface area contributed by atoms with Crippen molar-refractivity contribution in [3.8, 4) is 0 Å². The van der Waals surface area contributed by atoms with Gasteiger partial charge in [0, 0.05) is 6.54 Å². The molecular weight excluding hydrogens is 354 g/mol. The zero-order chi connectivity index (χ0) is 20.6. The maximum absolute atomic E-state index is 13.4. The van der Waals surface area contributed by atoms with Crippen LogP contribution >= 0.6 is 0 Å². The molecule has 1 amide bonds. The summed E-state index contributed by atoms with van der Waals surface area (Å²) in [5.41, 5.74) is 4.31. The Balaban J connectivity index is 1.57. The van der Waals surface area contributed by atoms with Crippen LogP contribution < -0.4 is 5.32 Å². The predicted octanol–water partition coefficient (Wildman–Crippen LogP) is 6.44. The first-order chi connectivity index (χ1) is 13.8. The third kappa shape index (κ3) is 3.60. The van der Waals surface area contributed by atoms with Crippen molar-refractivity contribution in [3.63, 3.8) is 0 Å². The summed E-state index contributed by atoms with van der Waals surface area (Å²) in [5.74, 6) is 1.94. The predicted molar refractivity (Wildman–Crippen MR) is 120 cm³/mol. The maximum Gasteiger partial charge on any atom is 0.226 e. The van der Waals surface area contributed by atoms with Crippen molar-refractivity contribution in [1.82, 2.24) is 5.32 Å². The normalized spacial score (nSPS) is 34.0. The van der Waals surface area contributed by atoms with Crippen molar-refractivity contribution in [1.29, 1.82) is 0 Å². The van der Waals surface area contributed by atoms with Gasteiger partial charge in [-0.2, -0.15) is 0 Å². The molecule has 1 aromatic carbocycles. The lowest BCUT2D eigenvalue weighted by molar-refractivity contribution is -0.144. The zero-order valence-electron chi connectivity index (χ0n) is 18.6. The molecule has 4 rings (SSSR count). The van der Waals surface area contributed by atoms with E-state index in [9.17, 15) is 4.79 Å². The molecule has 2 heteroatoms. The number of fused-ring (bicyclic) bond motifs is 3. The maximum atomic E-state index is 13.4. The molecule has 156 valence electrons. The Morgan fingerprint density at radius 3 is 2.66 bits per heavy atom. The smallest absolute Gasteiger partial charge is 0.226 e. The third-order valence-electron chi connectivity index (χ3n) is 8.39. The minimum atomic E-state index is -0.272. The molecule has 0 spiro atoms. The molecule has 1 aromatic rings. The van der Waals surface area contributed by atoms with E-state index in [2.05, 4.69) is 57.3 Å². The number of carbonyl (C=O) groups excluding carboxylic acids is 1. The molecule has 1 unspecified atom stereocenters. The first kappa shape index (κ1) is 20.4. The molecule has 1 saturated carbocycles. The summed E-state index contributed by atoms with van der Waals surface area (Å²) in [6, 6.07) is 10.3. The molecule has 3 aliphatic rings. The van der Waals surface area contributed by atoms with Crippen LogP contribution in [-0.4, -0.2) is 5.91 Å². The standard InChI is InChI=1S/C27H37NO/c1-19(2)21-11-13-23-22(17-21)12-14-24-26(23,3)15-8-16-27(24,4)25(29)28-18-20-9-6-5-7-10-20/h5-7,9-10,12,17,19,23-24H,8,11,13-16,18H2,1-4H3,(H,28,29)/t23-,24?,26-,27+/m1/s1. The second-order valence-corrected chi connectivity index (χ2v) is 10.4. The summed E-state index contributed by atoms with van der Waals surface area (Å²) in [4.78, 5) is 13.4. The number of rotatable bonds is 4. The minimum absolute atomic E-state index is 0.236. The van der Waals surface area contributed by atoms with Crippen LogP contribution in [0.15, 0.2) is 53.6 Å². The topological polar surface area (TPSA) is 29.1 Å². The van der Waals surface area contributed by atoms with Crippen LogP contribution in [0.5, 0.6) is 0 Å². The van der Waals surface area contributed by atoms with E-state index in [1.165, 1.54) is 24.8 Å². The molecule has 0 heterocycles. The number of hydrogen-bond donors (Lipinski definition) is 1. The Morgan fingerprint density at radius 2 is 1.93 bits per heavy atom. The fourth-order valence-electron chi connectivity index (χ4n) is 6.60. The van der Waals surface area contributed by atoms with Gasteiger partial charge >= 0.3 is 0 Å². The van der Waals surface area contributed by atoms with Gasteiger partial charge in [-0.15, -0.1) is 0 Å². The van der Waals surface area contributed by atoms with Crippen LogP contribution in [0.25, 0.3) is 0 Å². The molecule has 0 aromatic heterocycles. The van der Waals surface area contributed by atoms with Crippen LogP contribution in [0, 0.1) is 28.6 Å². The Morgan fingerprint density at radius 1 is 1.17 bits per heavy atom. The zero-order valence-corrected chi connectivity index (χ0v) is 18.6. The SMILES string of the molecule is CC(C)C1=CC2=CCC3[C@](C)(CCC[C@]3(C)C(=O)NCc3ccccc3)[C@@H]2CC1. The second kappa shape index (κ2) is 7.78. The van der Waals surface area contributed by atoms with Gasteiger partial charge in [0.1, 0.15) is 0 Å².